The number of nitrogens with zero attached hydrogens (tertiary/aromatic N) is 1. The molecular formula is C29H34N2O5S. The number of ether oxygens (including phenoxy) is 1. The first kappa shape index (κ1) is 27.9. The van der Waals surface area contributed by atoms with Crippen LogP contribution in [0.15, 0.2) is 77.7 Å². The molecule has 0 bridgehead atoms. The highest BCUT2D eigenvalue weighted by atomic mass is 32.2. The zero-order valence-corrected chi connectivity index (χ0v) is 22.5. The molecule has 3 aromatic rings. The van der Waals surface area contributed by atoms with Crippen LogP contribution in [0.5, 0.6) is 0 Å². The van der Waals surface area contributed by atoms with Crippen molar-refractivity contribution in [1.82, 2.24) is 0 Å². The normalized spacial score (nSPS) is 11.3. The third kappa shape index (κ3) is 7.43. The summed E-state index contributed by atoms with van der Waals surface area (Å²) >= 11 is 0. The van der Waals surface area contributed by atoms with Gasteiger partial charge < -0.3 is 10.1 Å². The van der Waals surface area contributed by atoms with Crippen molar-refractivity contribution in [3.05, 3.63) is 89.5 Å². The van der Waals surface area contributed by atoms with Crippen molar-refractivity contribution in [3.8, 4) is 0 Å². The number of esters is 1. The second kappa shape index (κ2) is 12.5. The summed E-state index contributed by atoms with van der Waals surface area (Å²) in [5, 5.41) is 2.73. The molecule has 0 atom stereocenters. The number of carbonyl (C=O) groups excluding carboxylic acids is 2. The van der Waals surface area contributed by atoms with Crippen LogP contribution in [0.4, 0.5) is 11.4 Å². The predicted octanol–water partition coefficient (Wildman–Crippen LogP) is 5.91. The summed E-state index contributed by atoms with van der Waals surface area (Å²) in [7, 11) is -4.01. The summed E-state index contributed by atoms with van der Waals surface area (Å²) in [6.07, 6.45) is 1.72. The number of aryl methyl sites for hydroxylation is 1. The number of hydrogen-bond acceptors (Lipinski definition) is 5. The number of rotatable bonds is 11. The highest BCUT2D eigenvalue weighted by Crippen LogP contribution is 2.26. The van der Waals surface area contributed by atoms with Gasteiger partial charge in [0, 0.05) is 5.69 Å². The van der Waals surface area contributed by atoms with E-state index in [0.717, 1.165) is 28.3 Å². The van der Waals surface area contributed by atoms with Gasteiger partial charge in [0.25, 0.3) is 10.0 Å². The lowest BCUT2D eigenvalue weighted by Crippen LogP contribution is -2.38. The Morgan fingerprint density at radius 2 is 1.54 bits per heavy atom. The molecular weight excluding hydrogens is 488 g/mol. The van der Waals surface area contributed by atoms with Gasteiger partial charge in [-0.25, -0.2) is 13.2 Å². The first-order chi connectivity index (χ1) is 17.6. The molecule has 0 fully saturated rings. The zero-order chi connectivity index (χ0) is 27.0. The number of nitrogens with one attached hydrogen (secondary N) is 1. The number of carbonyl (C=O) groups is 2. The third-order valence-electron chi connectivity index (χ3n) is 5.88. The molecule has 0 unspecified atom stereocenters. The molecule has 37 heavy (non-hydrogen) atoms. The predicted molar refractivity (Wildman–Crippen MR) is 147 cm³/mol. The number of unbranched alkanes of at least 4 members (excludes halogenated alkanes) is 1. The summed E-state index contributed by atoms with van der Waals surface area (Å²) in [6.45, 7) is 7.94. The highest BCUT2D eigenvalue weighted by Gasteiger charge is 2.27. The van der Waals surface area contributed by atoms with Crippen LogP contribution in [0.2, 0.25) is 0 Å². The van der Waals surface area contributed by atoms with E-state index >= 15 is 0 Å². The highest BCUT2D eigenvalue weighted by molar-refractivity contribution is 7.92. The molecule has 0 radical (unpaired) electrons. The molecule has 1 N–H and O–H groups in total. The molecule has 8 heteroatoms. The van der Waals surface area contributed by atoms with Gasteiger partial charge in [0.1, 0.15) is 6.54 Å². The van der Waals surface area contributed by atoms with Crippen LogP contribution in [0.1, 0.15) is 61.0 Å². The monoisotopic (exact) mass is 522 g/mol. The number of anilines is 2. The van der Waals surface area contributed by atoms with Crippen molar-refractivity contribution in [1.29, 1.82) is 0 Å². The Bertz CT molecular complexity index is 1300. The second-order valence-corrected chi connectivity index (χ2v) is 11.0. The molecule has 0 heterocycles. The topological polar surface area (TPSA) is 92.8 Å². The van der Waals surface area contributed by atoms with E-state index in [1.54, 1.807) is 48.5 Å². The Morgan fingerprint density at radius 1 is 0.919 bits per heavy atom. The van der Waals surface area contributed by atoms with E-state index < -0.39 is 28.4 Å². The van der Waals surface area contributed by atoms with E-state index in [1.165, 1.54) is 12.1 Å². The van der Waals surface area contributed by atoms with Crippen molar-refractivity contribution >= 4 is 33.3 Å². The third-order valence-corrected chi connectivity index (χ3v) is 7.67. The Kier molecular flexibility index (Phi) is 9.47. The van der Waals surface area contributed by atoms with Gasteiger partial charge in [-0.1, -0.05) is 57.0 Å². The first-order valence-electron chi connectivity index (χ1n) is 12.4. The molecule has 0 saturated heterocycles. The summed E-state index contributed by atoms with van der Waals surface area (Å²) in [5.41, 5.74) is 3.21. The molecule has 0 spiro atoms. The van der Waals surface area contributed by atoms with Crippen molar-refractivity contribution in [2.45, 2.75) is 51.3 Å². The maximum atomic E-state index is 13.6. The SMILES string of the molecule is CCCCOC(=O)c1ccc(NC(=O)CN(c2ccc(C(C)C)cc2)S(=O)(=O)c2ccc(C)cc2)cc1. The Balaban J connectivity index is 1.81. The van der Waals surface area contributed by atoms with Crippen LogP contribution in [0.25, 0.3) is 0 Å². The number of benzene rings is 3. The van der Waals surface area contributed by atoms with Gasteiger partial charge in [-0.3, -0.25) is 9.10 Å². The summed E-state index contributed by atoms with van der Waals surface area (Å²) in [4.78, 5) is 25.2. The van der Waals surface area contributed by atoms with E-state index in [0.29, 0.717) is 23.5 Å². The average molecular weight is 523 g/mol. The standard InChI is InChI=1S/C29H34N2O5S/c1-5-6-19-36-29(33)24-9-13-25(14-10-24)30-28(32)20-31(26-15-11-23(12-16-26)21(2)3)37(34,35)27-17-7-22(4)8-18-27/h7-18,21H,5-6,19-20H2,1-4H3,(H,30,32). The molecule has 0 aliphatic heterocycles. The van der Waals surface area contributed by atoms with Gasteiger partial charge in [-0.05, 0) is 73.4 Å². The lowest BCUT2D eigenvalue weighted by atomic mass is 10.0. The molecule has 3 aromatic carbocycles. The van der Waals surface area contributed by atoms with E-state index in [1.807, 2.05) is 26.0 Å². The smallest absolute Gasteiger partial charge is 0.338 e. The van der Waals surface area contributed by atoms with Gasteiger partial charge in [-0.2, -0.15) is 0 Å². The van der Waals surface area contributed by atoms with Gasteiger partial charge >= 0.3 is 5.97 Å². The molecule has 7 nitrogen and oxygen atoms in total. The Morgan fingerprint density at radius 3 is 2.11 bits per heavy atom. The van der Waals surface area contributed by atoms with E-state index in [4.69, 9.17) is 4.74 Å². The molecule has 0 aromatic heterocycles. The average Bonchev–Trinajstić information content (AvgIpc) is 2.88. The van der Waals surface area contributed by atoms with Gasteiger partial charge in [0.15, 0.2) is 0 Å². The fourth-order valence-corrected chi connectivity index (χ4v) is 5.01. The van der Waals surface area contributed by atoms with E-state index in [2.05, 4.69) is 19.2 Å². The second-order valence-electron chi connectivity index (χ2n) is 9.19. The van der Waals surface area contributed by atoms with E-state index in [-0.39, 0.29) is 10.8 Å². The van der Waals surface area contributed by atoms with Crippen molar-refractivity contribution in [3.63, 3.8) is 0 Å². The summed E-state index contributed by atoms with van der Waals surface area (Å²) in [6, 6.07) is 20.0. The number of amides is 1. The van der Waals surface area contributed by atoms with Crippen molar-refractivity contribution < 1.29 is 22.7 Å². The quantitative estimate of drug-likeness (QED) is 0.250. The van der Waals surface area contributed by atoms with Crippen molar-refractivity contribution in [2.24, 2.45) is 0 Å². The Hall–Kier alpha value is -3.65. The van der Waals surface area contributed by atoms with Crippen LogP contribution >= 0.6 is 0 Å². The maximum Gasteiger partial charge on any atom is 0.338 e. The minimum atomic E-state index is -4.01. The summed E-state index contributed by atoms with van der Waals surface area (Å²) in [5.74, 6) is -0.653. The zero-order valence-electron chi connectivity index (χ0n) is 21.7. The van der Waals surface area contributed by atoms with Crippen LogP contribution < -0.4 is 9.62 Å². The Labute approximate surface area is 219 Å². The lowest BCUT2D eigenvalue weighted by molar-refractivity contribution is -0.114. The molecule has 0 saturated carbocycles. The fraction of sp³-hybridized carbons (Fsp3) is 0.310. The molecule has 196 valence electrons. The van der Waals surface area contributed by atoms with Crippen LogP contribution in [0.3, 0.4) is 0 Å². The minimum Gasteiger partial charge on any atom is -0.462 e. The van der Waals surface area contributed by atoms with Gasteiger partial charge in [0.05, 0.1) is 22.8 Å². The lowest BCUT2D eigenvalue weighted by Gasteiger charge is -2.24. The van der Waals surface area contributed by atoms with Crippen molar-refractivity contribution in [2.75, 3.05) is 22.8 Å². The molecule has 3 rings (SSSR count). The van der Waals surface area contributed by atoms with Crippen LogP contribution in [-0.4, -0.2) is 33.4 Å². The van der Waals surface area contributed by atoms with Gasteiger partial charge in [-0.15, -0.1) is 0 Å². The molecule has 0 aliphatic carbocycles. The molecule has 0 aliphatic rings. The van der Waals surface area contributed by atoms with Gasteiger partial charge in [0.2, 0.25) is 5.91 Å². The van der Waals surface area contributed by atoms with Crippen LogP contribution in [0, 0.1) is 6.92 Å². The number of sulfonamides is 1. The summed E-state index contributed by atoms with van der Waals surface area (Å²) < 4.78 is 33.5. The van der Waals surface area contributed by atoms with E-state index in [9.17, 15) is 18.0 Å². The minimum absolute atomic E-state index is 0.102. The maximum absolute atomic E-state index is 13.6. The fourth-order valence-electron chi connectivity index (χ4n) is 3.59. The van der Waals surface area contributed by atoms with Crippen LogP contribution in [-0.2, 0) is 19.6 Å². The first-order valence-corrected chi connectivity index (χ1v) is 13.8. The number of hydrogen-bond donors (Lipinski definition) is 1. The molecule has 1 amide bonds. The largest absolute Gasteiger partial charge is 0.462 e.